The third kappa shape index (κ3) is 5.97. The van der Waals surface area contributed by atoms with Gasteiger partial charge in [0.15, 0.2) is 5.96 Å². The standard InChI is InChI=1S/C24H32N4O.HI/c1-4-19-17-28(15-14-22(19)20-8-6-5-7-9-20)24(26-3)27-16-18-10-12-21(13-11-18)23(29)25-2;/h5-13,19,22H,4,14-17H2,1-3H3,(H,25,29)(H,26,27);1H. The first-order valence-corrected chi connectivity index (χ1v) is 10.5. The van der Waals surface area contributed by atoms with Crippen LogP contribution in [0.1, 0.15) is 47.2 Å². The third-order valence-corrected chi connectivity index (χ3v) is 5.89. The first kappa shape index (κ1) is 24.2. The first-order valence-electron chi connectivity index (χ1n) is 10.5. The Morgan fingerprint density at radius 1 is 1.13 bits per heavy atom. The largest absolute Gasteiger partial charge is 0.355 e. The average molecular weight is 520 g/mol. The minimum Gasteiger partial charge on any atom is -0.355 e. The van der Waals surface area contributed by atoms with E-state index in [0.717, 1.165) is 37.5 Å². The summed E-state index contributed by atoms with van der Waals surface area (Å²) in [5.74, 6) is 2.13. The van der Waals surface area contributed by atoms with Crippen molar-refractivity contribution in [2.45, 2.75) is 32.2 Å². The van der Waals surface area contributed by atoms with E-state index < -0.39 is 0 Å². The molecule has 0 saturated carbocycles. The molecule has 1 heterocycles. The van der Waals surface area contributed by atoms with Crippen LogP contribution >= 0.6 is 24.0 Å². The molecule has 0 radical (unpaired) electrons. The molecule has 5 nitrogen and oxygen atoms in total. The minimum absolute atomic E-state index is 0. The van der Waals surface area contributed by atoms with Gasteiger partial charge < -0.3 is 15.5 Å². The molecule has 0 spiro atoms. The summed E-state index contributed by atoms with van der Waals surface area (Å²) in [5, 5.41) is 6.14. The van der Waals surface area contributed by atoms with E-state index in [0.29, 0.717) is 23.9 Å². The van der Waals surface area contributed by atoms with Crippen molar-refractivity contribution in [1.29, 1.82) is 0 Å². The molecule has 1 fully saturated rings. The number of amides is 1. The summed E-state index contributed by atoms with van der Waals surface area (Å²) in [6.07, 6.45) is 2.30. The number of carbonyl (C=O) groups excluding carboxylic acids is 1. The average Bonchev–Trinajstić information content (AvgIpc) is 2.79. The Balaban J connectivity index is 0.00000320. The van der Waals surface area contributed by atoms with E-state index in [9.17, 15) is 4.79 Å². The van der Waals surface area contributed by atoms with E-state index >= 15 is 0 Å². The molecule has 162 valence electrons. The van der Waals surface area contributed by atoms with Crippen molar-refractivity contribution in [2.24, 2.45) is 10.9 Å². The number of hydrogen-bond donors (Lipinski definition) is 2. The Labute approximate surface area is 197 Å². The molecular formula is C24H33IN4O. The molecule has 2 aromatic carbocycles. The van der Waals surface area contributed by atoms with Crippen LogP contribution in [0.15, 0.2) is 59.6 Å². The van der Waals surface area contributed by atoms with E-state index in [4.69, 9.17) is 0 Å². The summed E-state index contributed by atoms with van der Waals surface area (Å²) >= 11 is 0. The van der Waals surface area contributed by atoms with Crippen molar-refractivity contribution in [1.82, 2.24) is 15.5 Å². The molecule has 1 aliphatic rings. The van der Waals surface area contributed by atoms with Gasteiger partial charge in [0.1, 0.15) is 0 Å². The Morgan fingerprint density at radius 2 is 1.83 bits per heavy atom. The summed E-state index contributed by atoms with van der Waals surface area (Å²) in [4.78, 5) is 18.6. The van der Waals surface area contributed by atoms with Crippen LogP contribution in [0.3, 0.4) is 0 Å². The quantitative estimate of drug-likeness (QED) is 0.352. The number of guanidine groups is 1. The van der Waals surface area contributed by atoms with E-state index in [1.807, 2.05) is 31.3 Å². The third-order valence-electron chi connectivity index (χ3n) is 5.89. The van der Waals surface area contributed by atoms with Gasteiger partial charge in [0.25, 0.3) is 5.91 Å². The second-order valence-corrected chi connectivity index (χ2v) is 7.60. The second-order valence-electron chi connectivity index (χ2n) is 7.60. The lowest BCUT2D eigenvalue weighted by atomic mass is 9.79. The molecule has 2 unspecified atom stereocenters. The lowest BCUT2D eigenvalue weighted by Crippen LogP contribution is -2.48. The normalized spacial score (nSPS) is 19.0. The summed E-state index contributed by atoms with van der Waals surface area (Å²) < 4.78 is 0. The van der Waals surface area contributed by atoms with Crippen molar-refractivity contribution in [2.75, 3.05) is 27.2 Å². The van der Waals surface area contributed by atoms with Crippen LogP contribution in [0, 0.1) is 5.92 Å². The number of benzene rings is 2. The molecule has 0 aliphatic carbocycles. The number of hydrogen-bond acceptors (Lipinski definition) is 2. The summed E-state index contributed by atoms with van der Waals surface area (Å²) in [5.41, 5.74) is 3.26. The SMILES string of the molecule is CCC1CN(C(=NC)NCc2ccc(C(=O)NC)cc2)CCC1c1ccccc1.I. The molecule has 0 bridgehead atoms. The van der Waals surface area contributed by atoms with Crippen LogP contribution in [-0.4, -0.2) is 44.0 Å². The van der Waals surface area contributed by atoms with Crippen LogP contribution in [0.5, 0.6) is 0 Å². The topological polar surface area (TPSA) is 56.7 Å². The highest BCUT2D eigenvalue weighted by Gasteiger charge is 2.30. The lowest BCUT2D eigenvalue weighted by Gasteiger charge is -2.40. The number of likely N-dealkylation sites (tertiary alicyclic amines) is 1. The van der Waals surface area contributed by atoms with E-state index in [-0.39, 0.29) is 29.9 Å². The van der Waals surface area contributed by atoms with Gasteiger partial charge in [-0.05, 0) is 41.5 Å². The molecule has 6 heteroatoms. The monoisotopic (exact) mass is 520 g/mol. The molecule has 0 aromatic heterocycles. The Morgan fingerprint density at radius 3 is 2.43 bits per heavy atom. The minimum atomic E-state index is -0.0628. The maximum atomic E-state index is 11.7. The maximum absolute atomic E-state index is 11.7. The number of aliphatic imine (C=N–C) groups is 1. The van der Waals surface area contributed by atoms with Crippen LogP contribution in [-0.2, 0) is 6.54 Å². The molecule has 30 heavy (non-hydrogen) atoms. The predicted octanol–water partition coefficient (Wildman–Crippen LogP) is 4.26. The zero-order valence-electron chi connectivity index (χ0n) is 18.1. The summed E-state index contributed by atoms with van der Waals surface area (Å²) in [6, 6.07) is 18.6. The molecule has 2 atom stereocenters. The number of piperidine rings is 1. The van der Waals surface area contributed by atoms with Gasteiger partial charge in [-0.1, -0.05) is 55.8 Å². The zero-order valence-corrected chi connectivity index (χ0v) is 20.4. The van der Waals surface area contributed by atoms with Crippen molar-refractivity contribution in [3.05, 3.63) is 71.3 Å². The van der Waals surface area contributed by atoms with Crippen molar-refractivity contribution < 1.29 is 4.79 Å². The highest BCUT2D eigenvalue weighted by molar-refractivity contribution is 14.0. The fourth-order valence-electron chi connectivity index (χ4n) is 4.21. The molecular weight excluding hydrogens is 487 g/mol. The van der Waals surface area contributed by atoms with Gasteiger partial charge in [0.2, 0.25) is 0 Å². The molecule has 2 N–H and O–H groups in total. The maximum Gasteiger partial charge on any atom is 0.251 e. The number of nitrogens with zero attached hydrogens (tertiary/aromatic N) is 2. The summed E-state index contributed by atoms with van der Waals surface area (Å²) in [6.45, 7) is 5.00. The van der Waals surface area contributed by atoms with Crippen molar-refractivity contribution in [3.8, 4) is 0 Å². The van der Waals surface area contributed by atoms with E-state index in [2.05, 4.69) is 57.8 Å². The Bertz CT molecular complexity index is 823. The highest BCUT2D eigenvalue weighted by Crippen LogP contribution is 2.34. The van der Waals surface area contributed by atoms with E-state index in [1.54, 1.807) is 7.05 Å². The van der Waals surface area contributed by atoms with Gasteiger partial charge in [-0.2, -0.15) is 0 Å². The van der Waals surface area contributed by atoms with Crippen molar-refractivity contribution in [3.63, 3.8) is 0 Å². The number of halogens is 1. The summed E-state index contributed by atoms with van der Waals surface area (Å²) in [7, 11) is 3.49. The van der Waals surface area contributed by atoms with E-state index in [1.165, 1.54) is 5.56 Å². The number of nitrogens with one attached hydrogen (secondary N) is 2. The Kier molecular flexibility index (Phi) is 9.62. The smallest absolute Gasteiger partial charge is 0.251 e. The van der Waals surface area contributed by atoms with Gasteiger partial charge in [0.05, 0.1) is 0 Å². The number of rotatable bonds is 5. The molecule has 2 aromatic rings. The van der Waals surface area contributed by atoms with Crippen LogP contribution in [0.25, 0.3) is 0 Å². The van der Waals surface area contributed by atoms with Crippen LogP contribution < -0.4 is 10.6 Å². The van der Waals surface area contributed by atoms with Gasteiger partial charge >= 0.3 is 0 Å². The fraction of sp³-hybridized carbons (Fsp3) is 0.417. The molecule has 1 saturated heterocycles. The highest BCUT2D eigenvalue weighted by atomic mass is 127. The Hall–Kier alpha value is -2.09. The predicted molar refractivity (Wildman–Crippen MR) is 135 cm³/mol. The lowest BCUT2D eigenvalue weighted by molar-refractivity contribution is 0.0963. The van der Waals surface area contributed by atoms with Gasteiger partial charge in [0, 0.05) is 39.3 Å². The van der Waals surface area contributed by atoms with Gasteiger partial charge in [-0.15, -0.1) is 24.0 Å². The van der Waals surface area contributed by atoms with Crippen molar-refractivity contribution >= 4 is 35.8 Å². The molecule has 1 aliphatic heterocycles. The fourth-order valence-corrected chi connectivity index (χ4v) is 4.21. The molecule has 3 rings (SSSR count). The van der Waals surface area contributed by atoms with Gasteiger partial charge in [-0.25, -0.2) is 0 Å². The second kappa shape index (κ2) is 11.9. The first-order chi connectivity index (χ1) is 14.2. The van der Waals surface area contributed by atoms with Crippen LogP contribution in [0.2, 0.25) is 0 Å². The van der Waals surface area contributed by atoms with Gasteiger partial charge in [-0.3, -0.25) is 9.79 Å². The van der Waals surface area contributed by atoms with Crippen LogP contribution in [0.4, 0.5) is 0 Å². The molecule has 1 amide bonds. The zero-order chi connectivity index (χ0) is 20.6. The number of carbonyl (C=O) groups is 1.